The number of alkyl halides is 1. The number of aromatic nitrogens is 2. The first-order valence-electron chi connectivity index (χ1n) is 2.47. The summed E-state index contributed by atoms with van der Waals surface area (Å²) < 4.78 is 13.1. The van der Waals surface area contributed by atoms with E-state index in [2.05, 4.69) is 5.10 Å². The van der Waals surface area contributed by atoms with E-state index in [1.165, 1.54) is 0 Å². The van der Waals surface area contributed by atoms with Crippen molar-refractivity contribution in [2.45, 2.75) is 6.54 Å². The predicted octanol–water partition coefficient (Wildman–Crippen LogP) is 0.853. The molecule has 0 atom stereocenters. The van der Waals surface area contributed by atoms with Gasteiger partial charge in [-0.25, -0.2) is 4.39 Å². The molecule has 1 aromatic heterocycles. The van der Waals surface area contributed by atoms with Gasteiger partial charge in [0.1, 0.15) is 6.67 Å². The molecule has 0 aliphatic carbocycles. The first-order valence-corrected chi connectivity index (χ1v) is 2.47. The monoisotopic (exact) mass is 114 g/mol. The van der Waals surface area contributed by atoms with E-state index in [-0.39, 0.29) is 6.67 Å². The molecule has 0 N–H and O–H groups in total. The minimum absolute atomic E-state index is 0.346. The van der Waals surface area contributed by atoms with Crippen LogP contribution in [0, 0.1) is 0 Å². The van der Waals surface area contributed by atoms with Gasteiger partial charge in [0, 0.05) is 12.4 Å². The molecule has 0 radical (unpaired) electrons. The third-order valence-corrected chi connectivity index (χ3v) is 0.873. The molecule has 1 aromatic rings. The Kier molecular flexibility index (Phi) is 1.62. The van der Waals surface area contributed by atoms with E-state index in [1.54, 1.807) is 23.1 Å². The van der Waals surface area contributed by atoms with Crippen molar-refractivity contribution in [3.63, 3.8) is 0 Å². The van der Waals surface area contributed by atoms with Gasteiger partial charge < -0.3 is 0 Å². The van der Waals surface area contributed by atoms with E-state index in [4.69, 9.17) is 0 Å². The zero-order valence-corrected chi connectivity index (χ0v) is 4.42. The predicted molar refractivity (Wildman–Crippen MR) is 28.2 cm³/mol. The van der Waals surface area contributed by atoms with Crippen LogP contribution >= 0.6 is 0 Å². The van der Waals surface area contributed by atoms with Crippen molar-refractivity contribution in [1.29, 1.82) is 0 Å². The van der Waals surface area contributed by atoms with E-state index in [0.717, 1.165) is 0 Å². The van der Waals surface area contributed by atoms with Crippen LogP contribution in [0.25, 0.3) is 0 Å². The molecule has 44 valence electrons. The van der Waals surface area contributed by atoms with Crippen molar-refractivity contribution in [3.05, 3.63) is 18.5 Å². The Labute approximate surface area is 46.9 Å². The van der Waals surface area contributed by atoms with Gasteiger partial charge in [-0.1, -0.05) is 0 Å². The number of hydrogen-bond donors (Lipinski definition) is 0. The summed E-state index contributed by atoms with van der Waals surface area (Å²) in [6.45, 7) is 0.0225. The van der Waals surface area contributed by atoms with Gasteiger partial charge in [0.2, 0.25) is 0 Å². The molecule has 0 bridgehead atoms. The summed E-state index contributed by atoms with van der Waals surface area (Å²) >= 11 is 0. The minimum Gasteiger partial charge on any atom is -0.270 e. The summed E-state index contributed by atoms with van der Waals surface area (Å²) in [5.74, 6) is 0. The molecular weight excluding hydrogens is 107 g/mol. The van der Waals surface area contributed by atoms with Crippen LogP contribution < -0.4 is 0 Å². The number of aryl methyl sites for hydroxylation is 1. The Balaban J connectivity index is 2.50. The van der Waals surface area contributed by atoms with Gasteiger partial charge in [-0.2, -0.15) is 5.10 Å². The maximum atomic E-state index is 11.5. The largest absolute Gasteiger partial charge is 0.270 e. The summed E-state index contributed by atoms with van der Waals surface area (Å²) in [7, 11) is 0. The SMILES string of the molecule is FCCn1cccn1. The van der Waals surface area contributed by atoms with Crippen LogP contribution in [-0.2, 0) is 6.54 Å². The van der Waals surface area contributed by atoms with Crippen LogP contribution in [0.15, 0.2) is 18.5 Å². The summed E-state index contributed by atoms with van der Waals surface area (Å²) in [5.41, 5.74) is 0. The summed E-state index contributed by atoms with van der Waals surface area (Å²) in [4.78, 5) is 0. The molecule has 0 aromatic carbocycles. The summed E-state index contributed by atoms with van der Waals surface area (Å²) in [5, 5.41) is 3.78. The maximum absolute atomic E-state index is 11.5. The van der Waals surface area contributed by atoms with Crippen LogP contribution in [-0.4, -0.2) is 16.5 Å². The number of hydrogen-bond acceptors (Lipinski definition) is 1. The average Bonchev–Trinajstić information content (AvgIpc) is 2.19. The molecule has 3 heteroatoms. The van der Waals surface area contributed by atoms with Crippen LogP contribution in [0.1, 0.15) is 0 Å². The van der Waals surface area contributed by atoms with Crippen molar-refractivity contribution in [2.24, 2.45) is 0 Å². The average molecular weight is 114 g/mol. The standard InChI is InChI=1S/C5H7FN2/c6-2-5-8-4-1-3-7-8/h1,3-4H,2,5H2. The number of rotatable bonds is 2. The second-order valence-corrected chi connectivity index (χ2v) is 1.46. The Morgan fingerprint density at radius 3 is 3.00 bits per heavy atom. The normalized spacial score (nSPS) is 9.62. The van der Waals surface area contributed by atoms with Crippen LogP contribution in [0.5, 0.6) is 0 Å². The molecule has 0 saturated heterocycles. The second kappa shape index (κ2) is 2.45. The third kappa shape index (κ3) is 1.05. The van der Waals surface area contributed by atoms with Gasteiger partial charge >= 0.3 is 0 Å². The molecule has 8 heavy (non-hydrogen) atoms. The van der Waals surface area contributed by atoms with Crippen LogP contribution in [0.3, 0.4) is 0 Å². The molecule has 0 fully saturated rings. The van der Waals surface area contributed by atoms with Crippen molar-refractivity contribution in [2.75, 3.05) is 6.67 Å². The van der Waals surface area contributed by atoms with E-state index in [0.29, 0.717) is 6.54 Å². The Morgan fingerprint density at radius 2 is 2.50 bits per heavy atom. The maximum Gasteiger partial charge on any atom is 0.109 e. The Bertz CT molecular complexity index is 136. The fourth-order valence-corrected chi connectivity index (χ4v) is 0.519. The van der Waals surface area contributed by atoms with Crippen molar-refractivity contribution >= 4 is 0 Å². The lowest BCUT2D eigenvalue weighted by atomic mass is 10.7. The quantitative estimate of drug-likeness (QED) is 0.557. The molecule has 0 saturated carbocycles. The lowest BCUT2D eigenvalue weighted by molar-refractivity contribution is 0.427. The van der Waals surface area contributed by atoms with E-state index < -0.39 is 0 Å². The second-order valence-electron chi connectivity index (χ2n) is 1.46. The molecule has 0 amide bonds. The van der Waals surface area contributed by atoms with E-state index in [9.17, 15) is 4.39 Å². The van der Waals surface area contributed by atoms with E-state index in [1.807, 2.05) is 0 Å². The highest BCUT2D eigenvalue weighted by Crippen LogP contribution is 1.82. The number of nitrogens with zero attached hydrogens (tertiary/aromatic N) is 2. The lowest BCUT2D eigenvalue weighted by Crippen LogP contribution is -1.98. The molecule has 1 heterocycles. The summed E-state index contributed by atoms with van der Waals surface area (Å²) in [6.07, 6.45) is 3.37. The molecule has 0 unspecified atom stereocenters. The van der Waals surface area contributed by atoms with Crippen LogP contribution in [0.4, 0.5) is 4.39 Å². The highest BCUT2D eigenvalue weighted by molar-refractivity contribution is 4.77. The lowest BCUT2D eigenvalue weighted by Gasteiger charge is -1.90. The fourth-order valence-electron chi connectivity index (χ4n) is 0.519. The van der Waals surface area contributed by atoms with Gasteiger partial charge in [0.25, 0.3) is 0 Å². The summed E-state index contributed by atoms with van der Waals surface area (Å²) in [6, 6.07) is 1.77. The first kappa shape index (κ1) is 5.28. The van der Waals surface area contributed by atoms with E-state index >= 15 is 0 Å². The smallest absolute Gasteiger partial charge is 0.109 e. The van der Waals surface area contributed by atoms with Crippen molar-refractivity contribution in [3.8, 4) is 0 Å². The van der Waals surface area contributed by atoms with Crippen molar-refractivity contribution < 1.29 is 4.39 Å². The van der Waals surface area contributed by atoms with Gasteiger partial charge in [-0.05, 0) is 6.07 Å². The highest BCUT2D eigenvalue weighted by atomic mass is 19.1. The molecule has 0 aliphatic rings. The van der Waals surface area contributed by atoms with Gasteiger partial charge in [-0.15, -0.1) is 0 Å². The van der Waals surface area contributed by atoms with Crippen molar-refractivity contribution in [1.82, 2.24) is 9.78 Å². The topological polar surface area (TPSA) is 17.8 Å². The van der Waals surface area contributed by atoms with Gasteiger partial charge in [0.05, 0.1) is 6.54 Å². The highest BCUT2D eigenvalue weighted by Gasteiger charge is 1.84. The third-order valence-electron chi connectivity index (χ3n) is 0.873. The molecule has 0 spiro atoms. The Hall–Kier alpha value is -0.860. The Morgan fingerprint density at radius 1 is 1.62 bits per heavy atom. The molecule has 1 rings (SSSR count). The molecular formula is C5H7FN2. The number of halogens is 1. The zero-order chi connectivity index (χ0) is 5.82. The first-order chi connectivity index (χ1) is 3.93. The minimum atomic E-state index is -0.346. The fraction of sp³-hybridized carbons (Fsp3) is 0.400. The van der Waals surface area contributed by atoms with Crippen LogP contribution in [0.2, 0.25) is 0 Å². The molecule has 2 nitrogen and oxygen atoms in total. The molecule has 0 aliphatic heterocycles. The van der Waals surface area contributed by atoms with Gasteiger partial charge in [-0.3, -0.25) is 4.68 Å². The zero-order valence-electron chi connectivity index (χ0n) is 4.42. The van der Waals surface area contributed by atoms with Gasteiger partial charge in [0.15, 0.2) is 0 Å².